The van der Waals surface area contributed by atoms with Gasteiger partial charge in [0, 0.05) is 31.7 Å². The normalized spacial score (nSPS) is 22.0. The molecule has 0 aliphatic carbocycles. The Balaban J connectivity index is 1.26. The third-order valence-electron chi connectivity index (χ3n) is 8.84. The zero-order chi connectivity index (χ0) is 27.2. The number of amides is 2. The van der Waals surface area contributed by atoms with Gasteiger partial charge in [-0.25, -0.2) is 0 Å². The van der Waals surface area contributed by atoms with Gasteiger partial charge in [0.1, 0.15) is 11.5 Å². The average Bonchev–Trinajstić information content (AvgIpc) is 3.42. The number of nitrogens with zero attached hydrogens (tertiary/aromatic N) is 2. The minimum Gasteiger partial charge on any atom is -0.496 e. The van der Waals surface area contributed by atoms with Crippen molar-refractivity contribution in [1.82, 2.24) is 9.80 Å². The Morgan fingerprint density at radius 1 is 1.05 bits per heavy atom. The van der Waals surface area contributed by atoms with E-state index in [1.807, 2.05) is 59.2 Å². The summed E-state index contributed by atoms with van der Waals surface area (Å²) in [7, 11) is 1.66. The summed E-state index contributed by atoms with van der Waals surface area (Å²) in [5.41, 5.74) is 2.67. The molecule has 3 aliphatic heterocycles. The highest BCUT2D eigenvalue weighted by molar-refractivity contribution is 5.97. The van der Waals surface area contributed by atoms with Gasteiger partial charge in [-0.2, -0.15) is 0 Å². The van der Waals surface area contributed by atoms with Crippen molar-refractivity contribution in [2.24, 2.45) is 5.41 Å². The van der Waals surface area contributed by atoms with Crippen LogP contribution < -0.4 is 9.47 Å². The minimum absolute atomic E-state index is 0.0239. The first-order chi connectivity index (χ1) is 19.0. The van der Waals surface area contributed by atoms with Gasteiger partial charge in [-0.15, -0.1) is 0 Å². The number of ether oxygens (including phenoxy) is 3. The van der Waals surface area contributed by atoms with Crippen molar-refractivity contribution in [3.05, 3.63) is 59.2 Å². The van der Waals surface area contributed by atoms with Gasteiger partial charge in [0.05, 0.1) is 38.3 Å². The van der Waals surface area contributed by atoms with E-state index in [0.717, 1.165) is 88.1 Å². The van der Waals surface area contributed by atoms with Crippen LogP contribution in [0.1, 0.15) is 66.4 Å². The number of benzene rings is 2. The quantitative estimate of drug-likeness (QED) is 0.552. The second kappa shape index (κ2) is 12.4. The molecule has 1 atom stereocenters. The summed E-state index contributed by atoms with van der Waals surface area (Å²) in [4.78, 5) is 30.7. The Bertz CT molecular complexity index is 1160. The predicted octanol–water partition coefficient (Wildman–Crippen LogP) is 5.04. The van der Waals surface area contributed by atoms with E-state index in [1.165, 1.54) is 0 Å². The number of piperidine rings is 1. The zero-order valence-electron chi connectivity index (χ0n) is 23.5. The number of hydrogen-bond acceptors (Lipinski definition) is 5. The molecular formula is C32H42N2O5. The molecule has 0 bridgehead atoms. The molecule has 3 aliphatic rings. The van der Waals surface area contributed by atoms with Gasteiger partial charge in [-0.05, 0) is 74.8 Å². The van der Waals surface area contributed by atoms with Crippen LogP contribution in [0, 0.1) is 12.3 Å². The van der Waals surface area contributed by atoms with Crippen LogP contribution in [-0.2, 0) is 16.0 Å². The van der Waals surface area contributed by atoms with Crippen LogP contribution in [0.25, 0.3) is 0 Å². The number of fused-ring (bicyclic) bond motifs is 2. The van der Waals surface area contributed by atoms with Gasteiger partial charge in [-0.3, -0.25) is 9.59 Å². The predicted molar refractivity (Wildman–Crippen MR) is 150 cm³/mol. The van der Waals surface area contributed by atoms with Gasteiger partial charge in [0.15, 0.2) is 0 Å². The second-order valence-corrected chi connectivity index (χ2v) is 11.5. The van der Waals surface area contributed by atoms with Crippen molar-refractivity contribution in [3.63, 3.8) is 0 Å². The van der Waals surface area contributed by atoms with Crippen LogP contribution >= 0.6 is 0 Å². The van der Waals surface area contributed by atoms with Gasteiger partial charge < -0.3 is 24.0 Å². The van der Waals surface area contributed by atoms with E-state index in [2.05, 4.69) is 0 Å². The zero-order valence-corrected chi connectivity index (χ0v) is 23.5. The molecule has 210 valence electrons. The summed E-state index contributed by atoms with van der Waals surface area (Å²) in [6, 6.07) is 13.8. The topological polar surface area (TPSA) is 68.3 Å². The molecule has 2 fully saturated rings. The molecule has 0 unspecified atom stereocenters. The molecular weight excluding hydrogens is 492 g/mol. The number of methoxy groups -OCH3 is 1. The lowest BCUT2D eigenvalue weighted by molar-refractivity contribution is -0.133. The SMILES string of the molecule is COc1ccc(CC(=O)N2CCC3(CCCCOC[C@@H]4CCCN4C(=O)c4ccccc4OC3)CC2)cc1C. The largest absolute Gasteiger partial charge is 0.496 e. The highest BCUT2D eigenvalue weighted by atomic mass is 16.5. The fraction of sp³-hybridized carbons (Fsp3) is 0.562. The molecule has 2 amide bonds. The van der Waals surface area contributed by atoms with E-state index in [9.17, 15) is 9.59 Å². The summed E-state index contributed by atoms with van der Waals surface area (Å²) in [5, 5.41) is 0. The van der Waals surface area contributed by atoms with Crippen molar-refractivity contribution in [2.75, 3.05) is 46.6 Å². The summed E-state index contributed by atoms with van der Waals surface area (Å²) >= 11 is 0. The Labute approximate surface area is 232 Å². The van der Waals surface area contributed by atoms with E-state index in [1.54, 1.807) is 7.11 Å². The smallest absolute Gasteiger partial charge is 0.257 e. The molecule has 7 nitrogen and oxygen atoms in total. The fourth-order valence-corrected chi connectivity index (χ4v) is 6.39. The van der Waals surface area contributed by atoms with E-state index in [0.29, 0.717) is 30.9 Å². The number of likely N-dealkylation sites (tertiary alicyclic amines) is 1. The van der Waals surface area contributed by atoms with Crippen LogP contribution in [0.15, 0.2) is 42.5 Å². The van der Waals surface area contributed by atoms with Crippen LogP contribution in [0.5, 0.6) is 11.5 Å². The number of rotatable bonds is 3. The molecule has 0 radical (unpaired) electrons. The molecule has 0 N–H and O–H groups in total. The van der Waals surface area contributed by atoms with Crippen LogP contribution in [0.2, 0.25) is 0 Å². The standard InChI is InChI=1S/C32H42N2O5/c1-24-20-25(11-12-28(24)37-2)21-30(35)33-17-14-32(15-18-33)13-5-6-19-38-22-26-8-7-16-34(26)31(36)27-9-3-4-10-29(27)39-23-32/h3-4,9-12,20,26H,5-8,13-19,21-23H2,1-2H3/t26-/m0/s1. The highest BCUT2D eigenvalue weighted by Gasteiger charge is 2.37. The Morgan fingerprint density at radius 2 is 1.87 bits per heavy atom. The Hall–Kier alpha value is -3.06. The van der Waals surface area contributed by atoms with Crippen LogP contribution in [-0.4, -0.2) is 74.2 Å². The van der Waals surface area contributed by atoms with E-state index >= 15 is 0 Å². The molecule has 0 saturated carbocycles. The second-order valence-electron chi connectivity index (χ2n) is 11.5. The maximum Gasteiger partial charge on any atom is 0.257 e. The summed E-state index contributed by atoms with van der Waals surface area (Å²) in [6.07, 6.45) is 7.29. The number of carbonyl (C=O) groups is 2. The Morgan fingerprint density at radius 3 is 2.67 bits per heavy atom. The lowest BCUT2D eigenvalue weighted by Gasteiger charge is -2.42. The average molecular weight is 535 g/mol. The highest BCUT2D eigenvalue weighted by Crippen LogP contribution is 2.38. The van der Waals surface area contributed by atoms with Crippen molar-refractivity contribution < 1.29 is 23.8 Å². The number of aryl methyl sites for hydroxylation is 1. The fourth-order valence-electron chi connectivity index (χ4n) is 6.39. The third-order valence-corrected chi connectivity index (χ3v) is 8.84. The summed E-state index contributed by atoms with van der Waals surface area (Å²) in [6.45, 7) is 6.10. The third kappa shape index (κ3) is 6.40. The number of para-hydroxylation sites is 1. The van der Waals surface area contributed by atoms with Gasteiger partial charge in [0.25, 0.3) is 5.91 Å². The van der Waals surface area contributed by atoms with Crippen LogP contribution in [0.3, 0.4) is 0 Å². The molecule has 7 heteroatoms. The number of carbonyl (C=O) groups excluding carboxylic acids is 2. The van der Waals surface area contributed by atoms with E-state index in [-0.39, 0.29) is 23.3 Å². The molecule has 2 aromatic rings. The van der Waals surface area contributed by atoms with Gasteiger partial charge in [0.2, 0.25) is 5.91 Å². The van der Waals surface area contributed by atoms with Crippen molar-refractivity contribution >= 4 is 11.8 Å². The molecule has 3 heterocycles. The molecule has 1 spiro atoms. The maximum absolute atomic E-state index is 13.5. The molecule has 2 aromatic carbocycles. The van der Waals surface area contributed by atoms with Crippen molar-refractivity contribution in [2.45, 2.75) is 64.3 Å². The minimum atomic E-state index is -0.0239. The van der Waals surface area contributed by atoms with Gasteiger partial charge >= 0.3 is 0 Å². The van der Waals surface area contributed by atoms with E-state index in [4.69, 9.17) is 14.2 Å². The first kappa shape index (κ1) is 27.5. The van der Waals surface area contributed by atoms with Crippen molar-refractivity contribution in [3.8, 4) is 11.5 Å². The summed E-state index contributed by atoms with van der Waals surface area (Å²) < 4.78 is 17.9. The summed E-state index contributed by atoms with van der Waals surface area (Å²) in [5.74, 6) is 1.71. The monoisotopic (exact) mass is 534 g/mol. The lowest BCUT2D eigenvalue weighted by atomic mass is 9.75. The van der Waals surface area contributed by atoms with E-state index < -0.39 is 0 Å². The Kier molecular flexibility index (Phi) is 8.75. The number of hydrogen-bond donors (Lipinski definition) is 0. The van der Waals surface area contributed by atoms with Crippen LogP contribution in [0.4, 0.5) is 0 Å². The molecule has 39 heavy (non-hydrogen) atoms. The first-order valence-corrected chi connectivity index (χ1v) is 14.5. The van der Waals surface area contributed by atoms with Gasteiger partial charge in [-0.1, -0.05) is 30.7 Å². The molecule has 2 saturated heterocycles. The lowest BCUT2D eigenvalue weighted by Crippen LogP contribution is -2.46. The molecule has 5 rings (SSSR count). The first-order valence-electron chi connectivity index (χ1n) is 14.5. The van der Waals surface area contributed by atoms with Crippen molar-refractivity contribution in [1.29, 1.82) is 0 Å². The molecule has 0 aromatic heterocycles. The maximum atomic E-state index is 13.5.